The molecule has 1 atom stereocenters. The van der Waals surface area contributed by atoms with Crippen molar-refractivity contribution in [1.29, 1.82) is 0 Å². The van der Waals surface area contributed by atoms with E-state index in [2.05, 4.69) is 19.2 Å². The minimum absolute atomic E-state index is 0.184. The van der Waals surface area contributed by atoms with Crippen molar-refractivity contribution in [2.45, 2.75) is 26.7 Å². The van der Waals surface area contributed by atoms with E-state index < -0.39 is 0 Å². The Kier molecular flexibility index (Phi) is 2.73. The van der Waals surface area contributed by atoms with Gasteiger partial charge in [0.1, 0.15) is 0 Å². The lowest BCUT2D eigenvalue weighted by Crippen LogP contribution is -2.43. The molecule has 0 aliphatic carbocycles. The third kappa shape index (κ3) is 2.21. The zero-order valence-electron chi connectivity index (χ0n) is 7.89. The van der Waals surface area contributed by atoms with Crippen LogP contribution in [0.2, 0.25) is 0 Å². The molecule has 3 N–H and O–H groups in total. The van der Waals surface area contributed by atoms with Crippen LogP contribution in [0, 0.1) is 11.3 Å². The van der Waals surface area contributed by atoms with Crippen LogP contribution in [-0.4, -0.2) is 19.0 Å². The van der Waals surface area contributed by atoms with E-state index in [0.29, 0.717) is 12.3 Å². The number of piperidine rings is 1. The zero-order chi connectivity index (χ0) is 9.19. The molecule has 1 amide bonds. The Bertz CT molecular complexity index is 177. The molecule has 0 aromatic heterocycles. The molecule has 1 fully saturated rings. The monoisotopic (exact) mass is 170 g/mol. The van der Waals surface area contributed by atoms with E-state index in [9.17, 15) is 4.79 Å². The Balaban J connectivity index is 2.54. The Morgan fingerprint density at radius 3 is 2.83 bits per heavy atom. The van der Waals surface area contributed by atoms with E-state index in [0.717, 1.165) is 19.5 Å². The third-order valence-electron chi connectivity index (χ3n) is 2.89. The Morgan fingerprint density at radius 2 is 2.33 bits per heavy atom. The van der Waals surface area contributed by atoms with Crippen molar-refractivity contribution in [2.75, 3.05) is 13.1 Å². The minimum atomic E-state index is -0.184. The van der Waals surface area contributed by atoms with Crippen LogP contribution in [-0.2, 0) is 4.79 Å². The number of amides is 1. The fourth-order valence-electron chi connectivity index (χ4n) is 1.76. The van der Waals surface area contributed by atoms with Gasteiger partial charge in [-0.15, -0.1) is 0 Å². The van der Waals surface area contributed by atoms with Crippen LogP contribution in [0.4, 0.5) is 0 Å². The molecule has 0 radical (unpaired) electrons. The second kappa shape index (κ2) is 3.44. The molecule has 0 bridgehead atoms. The first-order valence-corrected chi connectivity index (χ1v) is 4.51. The predicted molar refractivity (Wildman–Crippen MR) is 48.6 cm³/mol. The molecule has 0 aromatic rings. The average Bonchev–Trinajstić information content (AvgIpc) is 1.92. The van der Waals surface area contributed by atoms with Gasteiger partial charge in [0.15, 0.2) is 0 Å². The quantitative estimate of drug-likeness (QED) is 0.634. The van der Waals surface area contributed by atoms with E-state index in [-0.39, 0.29) is 11.3 Å². The predicted octanol–water partition coefficient (Wildman–Crippen LogP) is 0.497. The van der Waals surface area contributed by atoms with Crippen LogP contribution in [0.5, 0.6) is 0 Å². The summed E-state index contributed by atoms with van der Waals surface area (Å²) in [6.45, 7) is 6.40. The molecule has 3 heteroatoms. The molecule has 1 unspecified atom stereocenters. The van der Waals surface area contributed by atoms with Crippen LogP contribution in [0.1, 0.15) is 26.7 Å². The summed E-state index contributed by atoms with van der Waals surface area (Å²) < 4.78 is 0. The van der Waals surface area contributed by atoms with E-state index >= 15 is 0 Å². The van der Waals surface area contributed by atoms with E-state index in [1.54, 1.807) is 0 Å². The van der Waals surface area contributed by atoms with Crippen molar-refractivity contribution in [3.63, 3.8) is 0 Å². The summed E-state index contributed by atoms with van der Waals surface area (Å²) in [5, 5.41) is 3.29. The highest BCUT2D eigenvalue weighted by Crippen LogP contribution is 2.34. The maximum Gasteiger partial charge on any atom is 0.217 e. The van der Waals surface area contributed by atoms with Crippen molar-refractivity contribution in [1.82, 2.24) is 5.32 Å². The molecule has 12 heavy (non-hydrogen) atoms. The standard InChI is InChI=1S/C9H18N2O/c1-9(2)3-4-11-6-7(9)5-8(10)12/h7,11H,3-6H2,1-2H3,(H2,10,12). The molecule has 1 aliphatic rings. The molecular formula is C9H18N2O. The maximum absolute atomic E-state index is 10.7. The first-order chi connectivity index (χ1) is 5.52. The number of rotatable bonds is 2. The van der Waals surface area contributed by atoms with Crippen LogP contribution >= 0.6 is 0 Å². The van der Waals surface area contributed by atoms with Crippen LogP contribution < -0.4 is 11.1 Å². The van der Waals surface area contributed by atoms with Gasteiger partial charge in [-0.2, -0.15) is 0 Å². The first-order valence-electron chi connectivity index (χ1n) is 4.51. The second-order valence-electron chi connectivity index (χ2n) is 4.31. The van der Waals surface area contributed by atoms with Crippen LogP contribution in [0.25, 0.3) is 0 Å². The van der Waals surface area contributed by atoms with Gasteiger partial charge in [-0.25, -0.2) is 0 Å². The van der Waals surface area contributed by atoms with Gasteiger partial charge in [0.25, 0.3) is 0 Å². The van der Waals surface area contributed by atoms with Crippen molar-refractivity contribution in [2.24, 2.45) is 17.1 Å². The fraction of sp³-hybridized carbons (Fsp3) is 0.889. The smallest absolute Gasteiger partial charge is 0.217 e. The lowest BCUT2D eigenvalue weighted by atomic mass is 9.72. The summed E-state index contributed by atoms with van der Waals surface area (Å²) in [7, 11) is 0. The second-order valence-corrected chi connectivity index (χ2v) is 4.31. The first kappa shape index (κ1) is 9.52. The van der Waals surface area contributed by atoms with Gasteiger partial charge in [-0.05, 0) is 30.8 Å². The number of nitrogens with two attached hydrogens (primary N) is 1. The van der Waals surface area contributed by atoms with Crippen molar-refractivity contribution >= 4 is 5.91 Å². The molecule has 1 saturated heterocycles. The van der Waals surface area contributed by atoms with Gasteiger partial charge in [-0.3, -0.25) is 4.79 Å². The van der Waals surface area contributed by atoms with Gasteiger partial charge >= 0.3 is 0 Å². The number of hydrogen-bond acceptors (Lipinski definition) is 2. The summed E-state index contributed by atoms with van der Waals surface area (Å²) in [5.41, 5.74) is 5.44. The zero-order valence-corrected chi connectivity index (χ0v) is 7.89. The van der Waals surface area contributed by atoms with E-state index in [1.807, 2.05) is 0 Å². The third-order valence-corrected chi connectivity index (χ3v) is 2.89. The number of carbonyl (C=O) groups excluding carboxylic acids is 1. The maximum atomic E-state index is 10.7. The molecule has 70 valence electrons. The number of carbonyl (C=O) groups is 1. The summed E-state index contributed by atoms with van der Waals surface area (Å²) >= 11 is 0. The SMILES string of the molecule is CC1(C)CCNCC1CC(N)=O. The van der Waals surface area contributed by atoms with Gasteiger partial charge in [-0.1, -0.05) is 13.8 Å². The van der Waals surface area contributed by atoms with E-state index in [4.69, 9.17) is 5.73 Å². The Hall–Kier alpha value is -0.570. The average molecular weight is 170 g/mol. The van der Waals surface area contributed by atoms with Crippen molar-refractivity contribution in [3.05, 3.63) is 0 Å². The Morgan fingerprint density at radius 1 is 1.67 bits per heavy atom. The van der Waals surface area contributed by atoms with Crippen LogP contribution in [0.15, 0.2) is 0 Å². The minimum Gasteiger partial charge on any atom is -0.370 e. The van der Waals surface area contributed by atoms with Crippen molar-refractivity contribution < 1.29 is 4.79 Å². The summed E-state index contributed by atoms with van der Waals surface area (Å²) in [6.07, 6.45) is 1.64. The summed E-state index contributed by atoms with van der Waals surface area (Å²) in [5.74, 6) is 0.223. The molecule has 1 aliphatic heterocycles. The highest BCUT2D eigenvalue weighted by atomic mass is 16.1. The molecule has 1 heterocycles. The highest BCUT2D eigenvalue weighted by molar-refractivity contribution is 5.74. The normalized spacial score (nSPS) is 28.3. The van der Waals surface area contributed by atoms with Gasteiger partial charge < -0.3 is 11.1 Å². The van der Waals surface area contributed by atoms with Crippen LogP contribution in [0.3, 0.4) is 0 Å². The van der Waals surface area contributed by atoms with Crippen molar-refractivity contribution in [3.8, 4) is 0 Å². The Labute approximate surface area is 73.7 Å². The molecule has 0 spiro atoms. The molecule has 1 rings (SSSR count). The fourth-order valence-corrected chi connectivity index (χ4v) is 1.76. The molecular weight excluding hydrogens is 152 g/mol. The molecule has 0 aromatic carbocycles. The largest absolute Gasteiger partial charge is 0.370 e. The van der Waals surface area contributed by atoms with Gasteiger partial charge in [0, 0.05) is 6.42 Å². The molecule has 0 saturated carbocycles. The van der Waals surface area contributed by atoms with E-state index in [1.165, 1.54) is 0 Å². The lowest BCUT2D eigenvalue weighted by molar-refractivity contribution is -0.120. The highest BCUT2D eigenvalue weighted by Gasteiger charge is 2.32. The lowest BCUT2D eigenvalue weighted by Gasteiger charge is -2.38. The summed E-state index contributed by atoms with van der Waals surface area (Å²) in [6, 6.07) is 0. The number of primary amides is 1. The molecule has 3 nitrogen and oxygen atoms in total. The number of hydrogen-bond donors (Lipinski definition) is 2. The topological polar surface area (TPSA) is 55.1 Å². The van der Waals surface area contributed by atoms with Gasteiger partial charge in [0.05, 0.1) is 0 Å². The number of nitrogens with one attached hydrogen (secondary N) is 1. The van der Waals surface area contributed by atoms with Gasteiger partial charge in [0.2, 0.25) is 5.91 Å². The summed E-state index contributed by atoms with van der Waals surface area (Å²) in [4.78, 5) is 10.7.